The number of anilines is 1. The zero-order valence-corrected chi connectivity index (χ0v) is 18.8. The standard InChI is InChI=1S/C21H27FN2O6S/c1-28-11-7-10-23-21(25)16-12-19(29-2)20(30-3)13-18(16)24(31(4,26)27)14-15-8-5-6-9-17(15)22/h5-6,8-9,12-13H,7,10-11,14H2,1-4H3,(H,23,25). The first-order valence-corrected chi connectivity index (χ1v) is 11.3. The Morgan fingerprint density at radius 1 is 1.10 bits per heavy atom. The van der Waals surface area contributed by atoms with Gasteiger partial charge in [-0.2, -0.15) is 0 Å². The van der Waals surface area contributed by atoms with Crippen LogP contribution in [-0.4, -0.2) is 55.1 Å². The fraction of sp³-hybridized carbons (Fsp3) is 0.381. The number of rotatable bonds is 11. The highest BCUT2D eigenvalue weighted by molar-refractivity contribution is 7.92. The molecule has 0 spiro atoms. The lowest BCUT2D eigenvalue weighted by atomic mass is 10.1. The molecule has 2 aromatic carbocycles. The first kappa shape index (κ1) is 24.4. The van der Waals surface area contributed by atoms with E-state index in [-0.39, 0.29) is 34.9 Å². The summed E-state index contributed by atoms with van der Waals surface area (Å²) in [4.78, 5) is 12.9. The number of hydrogen-bond acceptors (Lipinski definition) is 6. The van der Waals surface area contributed by atoms with E-state index in [0.717, 1.165) is 10.6 Å². The lowest BCUT2D eigenvalue weighted by Crippen LogP contribution is -2.33. The number of amides is 1. The summed E-state index contributed by atoms with van der Waals surface area (Å²) in [5.41, 5.74) is 0.263. The van der Waals surface area contributed by atoms with Gasteiger partial charge >= 0.3 is 0 Å². The number of hydrogen-bond donors (Lipinski definition) is 1. The third-order valence-electron chi connectivity index (χ3n) is 4.50. The van der Waals surface area contributed by atoms with Crippen molar-refractivity contribution in [1.82, 2.24) is 5.32 Å². The van der Waals surface area contributed by atoms with Gasteiger partial charge in [-0.25, -0.2) is 12.8 Å². The molecule has 0 aliphatic heterocycles. The minimum atomic E-state index is -3.89. The van der Waals surface area contributed by atoms with Crippen LogP contribution in [0.3, 0.4) is 0 Å². The minimum Gasteiger partial charge on any atom is -0.493 e. The van der Waals surface area contributed by atoms with Crippen molar-refractivity contribution in [3.8, 4) is 11.5 Å². The summed E-state index contributed by atoms with van der Waals surface area (Å²) >= 11 is 0. The molecule has 0 fully saturated rings. The van der Waals surface area contributed by atoms with E-state index in [0.29, 0.717) is 19.6 Å². The van der Waals surface area contributed by atoms with Crippen molar-refractivity contribution in [3.63, 3.8) is 0 Å². The zero-order valence-electron chi connectivity index (χ0n) is 18.0. The molecule has 0 radical (unpaired) electrons. The Hall–Kier alpha value is -2.85. The van der Waals surface area contributed by atoms with Gasteiger partial charge in [-0.15, -0.1) is 0 Å². The van der Waals surface area contributed by atoms with Gasteiger partial charge < -0.3 is 19.5 Å². The van der Waals surface area contributed by atoms with Gasteiger partial charge in [0.25, 0.3) is 5.91 Å². The van der Waals surface area contributed by atoms with E-state index in [9.17, 15) is 17.6 Å². The van der Waals surface area contributed by atoms with E-state index in [1.807, 2.05) is 0 Å². The fourth-order valence-electron chi connectivity index (χ4n) is 2.93. The van der Waals surface area contributed by atoms with Gasteiger partial charge in [0.2, 0.25) is 10.0 Å². The van der Waals surface area contributed by atoms with Gasteiger partial charge in [0.05, 0.1) is 38.3 Å². The fourth-order valence-corrected chi connectivity index (χ4v) is 3.81. The van der Waals surface area contributed by atoms with E-state index in [1.165, 1.54) is 44.6 Å². The summed E-state index contributed by atoms with van der Waals surface area (Å²) in [6, 6.07) is 8.65. The first-order chi connectivity index (χ1) is 14.7. The summed E-state index contributed by atoms with van der Waals surface area (Å²) in [6.45, 7) is 0.486. The Bertz CT molecular complexity index is 1010. The lowest BCUT2D eigenvalue weighted by Gasteiger charge is -2.26. The second kappa shape index (κ2) is 11.0. The van der Waals surface area contributed by atoms with Crippen molar-refractivity contribution in [2.24, 2.45) is 0 Å². The number of nitrogens with one attached hydrogen (secondary N) is 1. The molecule has 0 saturated heterocycles. The van der Waals surface area contributed by atoms with Gasteiger partial charge in [-0.05, 0) is 18.6 Å². The van der Waals surface area contributed by atoms with Crippen LogP contribution in [0.1, 0.15) is 22.3 Å². The number of methoxy groups -OCH3 is 3. The van der Waals surface area contributed by atoms with Crippen LogP contribution in [0, 0.1) is 5.82 Å². The largest absolute Gasteiger partial charge is 0.493 e. The number of sulfonamides is 1. The molecular formula is C21H27FN2O6S. The lowest BCUT2D eigenvalue weighted by molar-refractivity contribution is 0.0949. The van der Waals surface area contributed by atoms with Crippen molar-refractivity contribution in [3.05, 3.63) is 53.3 Å². The van der Waals surface area contributed by atoms with Crippen LogP contribution < -0.4 is 19.1 Å². The first-order valence-electron chi connectivity index (χ1n) is 9.47. The third kappa shape index (κ3) is 6.31. The van der Waals surface area contributed by atoms with Crippen LogP contribution in [0.5, 0.6) is 11.5 Å². The SMILES string of the molecule is COCCCNC(=O)c1cc(OC)c(OC)cc1N(Cc1ccccc1F)S(C)(=O)=O. The second-order valence-electron chi connectivity index (χ2n) is 6.69. The number of carbonyl (C=O) groups is 1. The molecule has 0 atom stereocenters. The quantitative estimate of drug-likeness (QED) is 0.525. The van der Waals surface area contributed by atoms with Gasteiger partial charge in [0, 0.05) is 31.9 Å². The number of benzene rings is 2. The summed E-state index contributed by atoms with van der Waals surface area (Å²) < 4.78 is 56.1. The number of nitrogens with zero attached hydrogens (tertiary/aromatic N) is 1. The molecule has 8 nitrogen and oxygen atoms in total. The molecule has 31 heavy (non-hydrogen) atoms. The molecule has 0 unspecified atom stereocenters. The molecule has 0 aliphatic rings. The molecule has 0 bridgehead atoms. The molecule has 0 aromatic heterocycles. The highest BCUT2D eigenvalue weighted by atomic mass is 32.2. The van der Waals surface area contributed by atoms with Crippen LogP contribution >= 0.6 is 0 Å². The molecular weight excluding hydrogens is 427 g/mol. The van der Waals surface area contributed by atoms with Crippen LogP contribution in [0.25, 0.3) is 0 Å². The summed E-state index contributed by atoms with van der Waals surface area (Å²) in [6.07, 6.45) is 1.57. The van der Waals surface area contributed by atoms with E-state index >= 15 is 0 Å². The normalized spacial score (nSPS) is 11.1. The third-order valence-corrected chi connectivity index (χ3v) is 5.62. The number of ether oxygens (including phenoxy) is 3. The van der Waals surface area contributed by atoms with Crippen molar-refractivity contribution in [1.29, 1.82) is 0 Å². The minimum absolute atomic E-state index is 0.0487. The Morgan fingerprint density at radius 2 is 1.74 bits per heavy atom. The average Bonchev–Trinajstić information content (AvgIpc) is 2.74. The Kier molecular flexibility index (Phi) is 8.64. The van der Waals surface area contributed by atoms with Crippen LogP contribution in [0.4, 0.5) is 10.1 Å². The van der Waals surface area contributed by atoms with Gasteiger partial charge in [0.15, 0.2) is 11.5 Å². The maximum atomic E-state index is 14.3. The van der Waals surface area contributed by atoms with Crippen molar-refractivity contribution in [2.75, 3.05) is 45.0 Å². The topological polar surface area (TPSA) is 94.2 Å². The molecule has 10 heteroatoms. The van der Waals surface area contributed by atoms with Crippen molar-refractivity contribution in [2.45, 2.75) is 13.0 Å². The van der Waals surface area contributed by atoms with Crippen LogP contribution in [0.15, 0.2) is 36.4 Å². The molecule has 1 amide bonds. The second-order valence-corrected chi connectivity index (χ2v) is 8.59. The maximum Gasteiger partial charge on any atom is 0.253 e. The Labute approximate surface area is 182 Å². The van der Waals surface area contributed by atoms with Crippen LogP contribution in [0.2, 0.25) is 0 Å². The Balaban J connectivity index is 2.57. The van der Waals surface area contributed by atoms with E-state index in [1.54, 1.807) is 13.2 Å². The maximum absolute atomic E-state index is 14.3. The van der Waals surface area contributed by atoms with Gasteiger partial charge in [-0.1, -0.05) is 18.2 Å². The molecule has 1 N–H and O–H groups in total. The predicted octanol–water partition coefficient (Wildman–Crippen LogP) is 2.58. The molecule has 2 rings (SSSR count). The van der Waals surface area contributed by atoms with E-state index < -0.39 is 21.7 Å². The zero-order chi connectivity index (χ0) is 23.0. The van der Waals surface area contributed by atoms with Crippen molar-refractivity contribution < 1.29 is 31.8 Å². The molecule has 0 aliphatic carbocycles. The molecule has 170 valence electrons. The highest BCUT2D eigenvalue weighted by Crippen LogP contribution is 2.37. The molecule has 0 heterocycles. The average molecular weight is 455 g/mol. The summed E-state index contributed by atoms with van der Waals surface area (Å²) in [7, 11) is 0.469. The van der Waals surface area contributed by atoms with Crippen molar-refractivity contribution >= 4 is 21.6 Å². The smallest absolute Gasteiger partial charge is 0.253 e. The summed E-state index contributed by atoms with van der Waals surface area (Å²) in [5, 5.41) is 2.73. The number of halogens is 1. The van der Waals surface area contributed by atoms with Gasteiger partial charge in [0.1, 0.15) is 5.82 Å². The summed E-state index contributed by atoms with van der Waals surface area (Å²) in [5.74, 6) is -0.570. The molecule has 2 aromatic rings. The monoisotopic (exact) mass is 454 g/mol. The predicted molar refractivity (Wildman–Crippen MR) is 116 cm³/mol. The number of carbonyl (C=O) groups excluding carboxylic acids is 1. The van der Waals surface area contributed by atoms with E-state index in [2.05, 4.69) is 5.32 Å². The molecule has 0 saturated carbocycles. The Morgan fingerprint density at radius 3 is 2.32 bits per heavy atom. The van der Waals surface area contributed by atoms with Crippen LogP contribution in [-0.2, 0) is 21.3 Å². The highest BCUT2D eigenvalue weighted by Gasteiger charge is 2.27. The van der Waals surface area contributed by atoms with Gasteiger partial charge in [-0.3, -0.25) is 9.10 Å². The van der Waals surface area contributed by atoms with E-state index in [4.69, 9.17) is 14.2 Å².